The van der Waals surface area contributed by atoms with E-state index in [2.05, 4.69) is 0 Å². The van der Waals surface area contributed by atoms with Crippen molar-refractivity contribution in [2.75, 3.05) is 0 Å². The van der Waals surface area contributed by atoms with Gasteiger partial charge in [0, 0.05) is 11.5 Å². The quantitative estimate of drug-likeness (QED) is 0.779. The number of amides is 1. The minimum absolute atomic E-state index is 0.188. The molecule has 14 heavy (non-hydrogen) atoms. The van der Waals surface area contributed by atoms with Gasteiger partial charge in [0.15, 0.2) is 0 Å². The Hall–Kier alpha value is -0.730. The molecule has 1 amide bonds. The number of primary amides is 1. The van der Waals surface area contributed by atoms with E-state index in [0.717, 1.165) is 12.0 Å². The van der Waals surface area contributed by atoms with Crippen molar-refractivity contribution in [1.82, 2.24) is 0 Å². The molecule has 0 bridgehead atoms. The highest BCUT2D eigenvalue weighted by Gasteiger charge is 2.52. The molecular formula is C10H9Cl2NO. The number of rotatable bonds is 2. The number of carbonyl (C=O) groups excluding carboxylic acids is 1. The van der Waals surface area contributed by atoms with Crippen LogP contribution in [-0.4, -0.2) is 10.2 Å². The van der Waals surface area contributed by atoms with Gasteiger partial charge >= 0.3 is 0 Å². The van der Waals surface area contributed by atoms with Crippen LogP contribution in [0.2, 0.25) is 0 Å². The summed E-state index contributed by atoms with van der Waals surface area (Å²) < 4.78 is -0.617. The van der Waals surface area contributed by atoms with Crippen LogP contribution in [0.25, 0.3) is 0 Å². The Morgan fingerprint density at radius 1 is 1.36 bits per heavy atom. The molecule has 0 aromatic heterocycles. The Morgan fingerprint density at radius 3 is 2.21 bits per heavy atom. The van der Waals surface area contributed by atoms with Gasteiger partial charge in [0.1, 0.15) is 4.33 Å². The predicted octanol–water partition coefficient (Wildman–Crippen LogP) is 2.45. The molecule has 0 saturated heterocycles. The van der Waals surface area contributed by atoms with Crippen LogP contribution in [0.3, 0.4) is 0 Å². The van der Waals surface area contributed by atoms with E-state index in [1.54, 1.807) is 12.1 Å². The van der Waals surface area contributed by atoms with E-state index < -0.39 is 10.2 Å². The number of hydrogen-bond acceptors (Lipinski definition) is 1. The van der Waals surface area contributed by atoms with Crippen molar-refractivity contribution in [2.24, 2.45) is 5.73 Å². The maximum absolute atomic E-state index is 10.8. The molecule has 1 saturated carbocycles. The first-order chi connectivity index (χ1) is 6.50. The first-order valence-corrected chi connectivity index (χ1v) is 5.04. The van der Waals surface area contributed by atoms with Crippen molar-refractivity contribution in [1.29, 1.82) is 0 Å². The Morgan fingerprint density at radius 2 is 1.86 bits per heavy atom. The van der Waals surface area contributed by atoms with Crippen LogP contribution < -0.4 is 5.73 Å². The summed E-state index contributed by atoms with van der Waals surface area (Å²) >= 11 is 11.8. The summed E-state index contributed by atoms with van der Waals surface area (Å²) in [5, 5.41) is 0. The molecule has 2 nitrogen and oxygen atoms in total. The summed E-state index contributed by atoms with van der Waals surface area (Å²) in [6.07, 6.45) is 0.770. The Kier molecular flexibility index (Phi) is 2.20. The lowest BCUT2D eigenvalue weighted by Gasteiger charge is -2.01. The molecule has 2 N–H and O–H groups in total. The summed E-state index contributed by atoms with van der Waals surface area (Å²) in [5.74, 6) is -0.233. The van der Waals surface area contributed by atoms with Gasteiger partial charge in [-0.3, -0.25) is 4.79 Å². The summed E-state index contributed by atoms with van der Waals surface area (Å²) in [6, 6.07) is 7.08. The van der Waals surface area contributed by atoms with Gasteiger partial charge in [0.2, 0.25) is 5.91 Å². The molecule has 0 spiro atoms. The van der Waals surface area contributed by atoms with Gasteiger partial charge < -0.3 is 5.73 Å². The van der Waals surface area contributed by atoms with Gasteiger partial charge in [-0.1, -0.05) is 12.1 Å². The van der Waals surface area contributed by atoms with Crippen LogP contribution in [0.1, 0.15) is 28.3 Å². The van der Waals surface area contributed by atoms with Gasteiger partial charge in [-0.05, 0) is 24.1 Å². The van der Waals surface area contributed by atoms with Crippen LogP contribution in [0.5, 0.6) is 0 Å². The van der Waals surface area contributed by atoms with Crippen molar-refractivity contribution in [2.45, 2.75) is 16.7 Å². The van der Waals surface area contributed by atoms with Crippen molar-refractivity contribution in [3.63, 3.8) is 0 Å². The molecule has 0 radical (unpaired) electrons. The molecule has 1 aromatic carbocycles. The highest BCUT2D eigenvalue weighted by atomic mass is 35.5. The van der Waals surface area contributed by atoms with Crippen molar-refractivity contribution < 1.29 is 4.79 Å². The van der Waals surface area contributed by atoms with Crippen LogP contribution in [0.15, 0.2) is 24.3 Å². The zero-order valence-corrected chi connectivity index (χ0v) is 8.85. The van der Waals surface area contributed by atoms with Gasteiger partial charge in [0.25, 0.3) is 0 Å². The third kappa shape index (κ3) is 1.72. The molecule has 1 aliphatic rings. The second-order valence-electron chi connectivity index (χ2n) is 3.50. The summed E-state index contributed by atoms with van der Waals surface area (Å²) in [7, 11) is 0. The molecule has 1 fully saturated rings. The van der Waals surface area contributed by atoms with E-state index >= 15 is 0 Å². The highest BCUT2D eigenvalue weighted by molar-refractivity contribution is 6.51. The average Bonchev–Trinajstić information content (AvgIpc) is 2.75. The average molecular weight is 230 g/mol. The lowest BCUT2D eigenvalue weighted by atomic mass is 10.1. The molecule has 1 atom stereocenters. The third-order valence-corrected chi connectivity index (χ3v) is 3.26. The minimum Gasteiger partial charge on any atom is -0.366 e. The summed E-state index contributed by atoms with van der Waals surface area (Å²) in [5.41, 5.74) is 6.68. The second-order valence-corrected chi connectivity index (χ2v) is 5.05. The van der Waals surface area contributed by atoms with Crippen molar-refractivity contribution in [3.8, 4) is 0 Å². The standard InChI is InChI=1S/C10H9Cl2NO/c11-10(12)5-8(10)6-1-3-7(4-2-6)9(13)14/h1-4,8H,5H2,(H2,13,14). The maximum atomic E-state index is 10.8. The van der Waals surface area contributed by atoms with E-state index in [9.17, 15) is 4.79 Å². The largest absolute Gasteiger partial charge is 0.366 e. The number of benzene rings is 1. The molecule has 1 unspecified atom stereocenters. The minimum atomic E-state index is -0.617. The number of hydrogen-bond donors (Lipinski definition) is 1. The SMILES string of the molecule is NC(=O)c1ccc(C2CC2(Cl)Cl)cc1. The molecule has 0 heterocycles. The lowest BCUT2D eigenvalue weighted by Crippen LogP contribution is -2.10. The number of halogens is 2. The van der Waals surface area contributed by atoms with Gasteiger partial charge in [-0.15, -0.1) is 23.2 Å². The summed E-state index contributed by atoms with van der Waals surface area (Å²) in [6.45, 7) is 0. The third-order valence-electron chi connectivity index (χ3n) is 2.42. The fourth-order valence-corrected chi connectivity index (χ4v) is 2.02. The number of carbonyl (C=O) groups is 1. The van der Waals surface area contributed by atoms with E-state index in [4.69, 9.17) is 28.9 Å². The summed E-state index contributed by atoms with van der Waals surface area (Å²) in [4.78, 5) is 10.8. The molecule has 4 heteroatoms. The monoisotopic (exact) mass is 229 g/mol. The number of nitrogens with two attached hydrogens (primary N) is 1. The van der Waals surface area contributed by atoms with E-state index in [1.165, 1.54) is 0 Å². The van der Waals surface area contributed by atoms with Gasteiger partial charge in [0.05, 0.1) is 0 Å². The molecule has 74 valence electrons. The molecule has 0 aliphatic heterocycles. The molecular weight excluding hydrogens is 221 g/mol. The zero-order chi connectivity index (χ0) is 10.3. The Balaban J connectivity index is 2.20. The van der Waals surface area contributed by atoms with Crippen LogP contribution >= 0.6 is 23.2 Å². The highest BCUT2D eigenvalue weighted by Crippen LogP contribution is 2.59. The molecule has 1 aliphatic carbocycles. The van der Waals surface area contributed by atoms with Crippen molar-refractivity contribution >= 4 is 29.1 Å². The van der Waals surface area contributed by atoms with Crippen LogP contribution in [0, 0.1) is 0 Å². The van der Waals surface area contributed by atoms with Crippen LogP contribution in [-0.2, 0) is 0 Å². The first kappa shape index (κ1) is 9.81. The lowest BCUT2D eigenvalue weighted by molar-refractivity contribution is 0.100. The number of alkyl halides is 2. The molecule has 1 aromatic rings. The molecule has 2 rings (SSSR count). The Bertz CT molecular complexity index is 372. The second kappa shape index (κ2) is 3.14. The van der Waals surface area contributed by atoms with Crippen LogP contribution in [0.4, 0.5) is 0 Å². The van der Waals surface area contributed by atoms with E-state index in [-0.39, 0.29) is 5.92 Å². The van der Waals surface area contributed by atoms with Gasteiger partial charge in [-0.25, -0.2) is 0 Å². The fraction of sp³-hybridized carbons (Fsp3) is 0.300. The van der Waals surface area contributed by atoms with Crippen molar-refractivity contribution in [3.05, 3.63) is 35.4 Å². The normalized spacial score (nSPS) is 23.1. The fourth-order valence-electron chi connectivity index (χ4n) is 1.45. The van der Waals surface area contributed by atoms with Gasteiger partial charge in [-0.2, -0.15) is 0 Å². The zero-order valence-electron chi connectivity index (χ0n) is 7.34. The predicted molar refractivity (Wildman–Crippen MR) is 56.8 cm³/mol. The topological polar surface area (TPSA) is 43.1 Å². The maximum Gasteiger partial charge on any atom is 0.248 e. The first-order valence-electron chi connectivity index (χ1n) is 4.28. The smallest absolute Gasteiger partial charge is 0.248 e. The van der Waals surface area contributed by atoms with E-state index in [1.807, 2.05) is 12.1 Å². The van der Waals surface area contributed by atoms with E-state index in [0.29, 0.717) is 5.56 Å². The Labute approximate surface area is 92.0 Å².